The van der Waals surface area contributed by atoms with E-state index in [1.54, 1.807) is 36.9 Å². The van der Waals surface area contributed by atoms with Crippen LogP contribution in [0.4, 0.5) is 10.5 Å². The van der Waals surface area contributed by atoms with Crippen molar-refractivity contribution >= 4 is 35.2 Å². The number of pyridine rings is 1. The molecule has 0 aliphatic rings. The number of hydrogen-bond acceptors (Lipinski definition) is 7. The maximum atomic E-state index is 13.7. The first-order valence-electron chi connectivity index (χ1n) is 12.1. The van der Waals surface area contributed by atoms with Crippen LogP contribution in [0.25, 0.3) is 0 Å². The van der Waals surface area contributed by atoms with Crippen molar-refractivity contribution in [3.8, 4) is 0 Å². The molecule has 2 aromatic heterocycles. The molecule has 0 bridgehead atoms. The van der Waals surface area contributed by atoms with Crippen molar-refractivity contribution in [3.05, 3.63) is 84.6 Å². The lowest BCUT2D eigenvalue weighted by atomic mass is 9.99. The summed E-state index contributed by atoms with van der Waals surface area (Å²) in [5, 5.41) is 2.95. The maximum absolute atomic E-state index is 13.7. The number of hydrogen-bond donors (Lipinski definition) is 1. The van der Waals surface area contributed by atoms with Crippen LogP contribution < -0.4 is 10.2 Å². The number of rotatable bonds is 13. The first-order chi connectivity index (χ1) is 17.9. The Morgan fingerprint density at radius 3 is 2.41 bits per heavy atom. The van der Waals surface area contributed by atoms with Gasteiger partial charge < -0.3 is 14.5 Å². The highest BCUT2D eigenvalue weighted by atomic mass is 32.2. The fourth-order valence-electron chi connectivity index (χ4n) is 3.90. The smallest absolute Gasteiger partial charge is 0.414 e. The molecule has 0 spiro atoms. The highest BCUT2D eigenvalue weighted by molar-refractivity contribution is 7.99. The number of nitrogens with zero attached hydrogens (tertiary/aromatic N) is 2. The molecule has 3 rings (SSSR count). The van der Waals surface area contributed by atoms with Gasteiger partial charge >= 0.3 is 6.09 Å². The number of anilines is 1. The predicted octanol–water partition coefficient (Wildman–Crippen LogP) is 4.89. The molecule has 2 amide bonds. The molecule has 196 valence electrons. The third-order valence-electron chi connectivity index (χ3n) is 5.68. The van der Waals surface area contributed by atoms with E-state index in [0.717, 1.165) is 11.3 Å². The fourth-order valence-corrected chi connectivity index (χ4v) is 4.77. The molecular formula is C28H33N3O5S. The van der Waals surface area contributed by atoms with E-state index in [9.17, 15) is 14.4 Å². The van der Waals surface area contributed by atoms with Gasteiger partial charge in [-0.2, -0.15) is 0 Å². The highest BCUT2D eigenvalue weighted by Gasteiger charge is 2.34. The predicted molar refractivity (Wildman–Crippen MR) is 144 cm³/mol. The molecule has 0 saturated carbocycles. The van der Waals surface area contributed by atoms with Crippen molar-refractivity contribution < 1.29 is 23.5 Å². The topological polar surface area (TPSA) is 102 Å². The Morgan fingerprint density at radius 2 is 1.78 bits per heavy atom. The minimum atomic E-state index is -0.878. The molecule has 1 N–H and O–H groups in total. The molecule has 8 nitrogen and oxygen atoms in total. The van der Waals surface area contributed by atoms with Crippen LogP contribution in [0, 0.1) is 5.92 Å². The zero-order chi connectivity index (χ0) is 26.6. The summed E-state index contributed by atoms with van der Waals surface area (Å²) in [6, 6.07) is 14.9. The number of aromatic nitrogens is 1. The van der Waals surface area contributed by atoms with Crippen LogP contribution in [0.5, 0.6) is 0 Å². The largest absolute Gasteiger partial charge is 0.468 e. The van der Waals surface area contributed by atoms with E-state index in [0.29, 0.717) is 24.3 Å². The lowest BCUT2D eigenvalue weighted by molar-refractivity contribution is -0.127. The number of nitrogens with one attached hydrogen (secondary N) is 1. The van der Waals surface area contributed by atoms with E-state index >= 15 is 0 Å². The summed E-state index contributed by atoms with van der Waals surface area (Å²) in [6.45, 7) is 3.94. The Balaban J connectivity index is 1.83. The van der Waals surface area contributed by atoms with E-state index in [1.165, 1.54) is 23.8 Å². The minimum absolute atomic E-state index is 0.0943. The molecule has 37 heavy (non-hydrogen) atoms. The van der Waals surface area contributed by atoms with Gasteiger partial charge in [-0.05, 0) is 48.6 Å². The van der Waals surface area contributed by atoms with Gasteiger partial charge in [0.05, 0.1) is 36.6 Å². The Labute approximate surface area is 221 Å². The summed E-state index contributed by atoms with van der Waals surface area (Å²) in [4.78, 5) is 45.2. The molecule has 0 unspecified atom stereocenters. The number of furan rings is 1. The molecule has 2 heterocycles. The van der Waals surface area contributed by atoms with Crippen molar-refractivity contribution in [1.29, 1.82) is 0 Å². The van der Waals surface area contributed by atoms with E-state index in [1.807, 2.05) is 50.2 Å². The molecule has 0 aliphatic carbocycles. The van der Waals surface area contributed by atoms with Crippen LogP contribution in [-0.4, -0.2) is 47.7 Å². The van der Waals surface area contributed by atoms with Crippen LogP contribution >= 0.6 is 11.8 Å². The summed E-state index contributed by atoms with van der Waals surface area (Å²) in [5.41, 5.74) is 1.42. The lowest BCUT2D eigenvalue weighted by Crippen LogP contribution is -2.54. The average molecular weight is 524 g/mol. The van der Waals surface area contributed by atoms with Gasteiger partial charge in [-0.15, -0.1) is 11.8 Å². The van der Waals surface area contributed by atoms with Crippen molar-refractivity contribution in [2.45, 2.75) is 44.5 Å². The van der Waals surface area contributed by atoms with Crippen LogP contribution in [0.1, 0.15) is 31.6 Å². The number of ketones is 1. The van der Waals surface area contributed by atoms with Crippen LogP contribution in [-0.2, 0) is 26.5 Å². The molecule has 9 heteroatoms. The van der Waals surface area contributed by atoms with Gasteiger partial charge in [-0.25, -0.2) is 4.79 Å². The number of thioether (sulfide) groups is 1. The zero-order valence-electron chi connectivity index (χ0n) is 21.3. The van der Waals surface area contributed by atoms with Gasteiger partial charge in [0.2, 0.25) is 5.91 Å². The summed E-state index contributed by atoms with van der Waals surface area (Å²) < 4.78 is 10.4. The van der Waals surface area contributed by atoms with E-state index in [4.69, 9.17) is 9.15 Å². The number of amides is 2. The summed E-state index contributed by atoms with van der Waals surface area (Å²) >= 11 is 1.43. The maximum Gasteiger partial charge on any atom is 0.414 e. The van der Waals surface area contributed by atoms with Crippen molar-refractivity contribution in [1.82, 2.24) is 10.3 Å². The van der Waals surface area contributed by atoms with Gasteiger partial charge in [0.25, 0.3) is 0 Å². The monoisotopic (exact) mass is 523 g/mol. The van der Waals surface area contributed by atoms with Crippen LogP contribution in [0.15, 0.2) is 77.7 Å². The summed E-state index contributed by atoms with van der Waals surface area (Å²) in [5.74, 6) is 1.12. The molecule has 0 saturated heterocycles. The lowest BCUT2D eigenvalue weighted by Gasteiger charge is -2.32. The Hall–Kier alpha value is -3.59. The molecule has 3 aromatic rings. The SMILES string of the molecule is COC(=O)N(c1ccncc1)[C@@H](CC(C)C)C(=O)N[C@@H](Cc1ccccc1)C(=O)CSCc1ccco1. The second-order valence-electron chi connectivity index (χ2n) is 8.98. The van der Waals surface area contributed by atoms with Crippen molar-refractivity contribution in [2.24, 2.45) is 5.92 Å². The van der Waals surface area contributed by atoms with Crippen LogP contribution in [0.2, 0.25) is 0 Å². The quantitative estimate of drug-likeness (QED) is 0.340. The van der Waals surface area contributed by atoms with E-state index in [-0.39, 0.29) is 17.5 Å². The fraction of sp³-hybridized carbons (Fsp3) is 0.357. The number of carbonyl (C=O) groups is 3. The molecular weight excluding hydrogens is 490 g/mol. The average Bonchev–Trinajstić information content (AvgIpc) is 3.42. The van der Waals surface area contributed by atoms with Gasteiger partial charge in [0.1, 0.15) is 11.8 Å². The number of ether oxygens (including phenoxy) is 1. The number of benzene rings is 1. The standard InChI is InChI=1S/C28H33N3O5S/c1-20(2)16-25(31(28(34)35-3)22-11-13-29-14-12-22)27(33)30-24(17-21-8-5-4-6-9-21)26(32)19-37-18-23-10-7-15-36-23/h4-15,20,24-25H,16-19H2,1-3H3,(H,30,33)/t24-,25-/m0/s1. The Morgan fingerprint density at radius 1 is 1.05 bits per heavy atom. The zero-order valence-corrected chi connectivity index (χ0v) is 22.1. The van der Waals surface area contributed by atoms with Gasteiger partial charge in [-0.3, -0.25) is 19.5 Å². The highest BCUT2D eigenvalue weighted by Crippen LogP contribution is 2.22. The third kappa shape index (κ3) is 8.49. The number of methoxy groups -OCH3 is 1. The molecule has 0 fully saturated rings. The van der Waals surface area contributed by atoms with E-state index < -0.39 is 24.1 Å². The summed E-state index contributed by atoms with van der Waals surface area (Å²) in [7, 11) is 1.28. The van der Waals surface area contributed by atoms with E-state index in [2.05, 4.69) is 10.3 Å². The second kappa shape index (κ2) is 14.2. The minimum Gasteiger partial charge on any atom is -0.468 e. The van der Waals surface area contributed by atoms with Crippen molar-refractivity contribution in [2.75, 3.05) is 17.8 Å². The van der Waals surface area contributed by atoms with Gasteiger partial charge in [-0.1, -0.05) is 44.2 Å². The Kier molecular flexibility index (Phi) is 10.8. The molecule has 0 aliphatic heterocycles. The normalized spacial score (nSPS) is 12.5. The first-order valence-corrected chi connectivity index (χ1v) is 13.3. The second-order valence-corrected chi connectivity index (χ2v) is 9.97. The molecule has 1 aromatic carbocycles. The molecule has 0 radical (unpaired) electrons. The first kappa shape index (κ1) is 28.0. The third-order valence-corrected chi connectivity index (χ3v) is 6.66. The number of carbonyl (C=O) groups excluding carboxylic acids is 3. The Bertz CT molecular complexity index is 1120. The van der Waals surface area contributed by atoms with Gasteiger partial charge in [0, 0.05) is 12.4 Å². The van der Waals surface area contributed by atoms with Gasteiger partial charge in [0.15, 0.2) is 5.78 Å². The van der Waals surface area contributed by atoms with Crippen LogP contribution in [0.3, 0.4) is 0 Å². The van der Waals surface area contributed by atoms with Crippen molar-refractivity contribution in [3.63, 3.8) is 0 Å². The number of Topliss-reactive ketones (excluding diaryl/α,β-unsaturated/α-hetero) is 1. The summed E-state index contributed by atoms with van der Waals surface area (Å²) in [6.07, 6.45) is 4.76. The molecule has 2 atom stereocenters.